The van der Waals surface area contributed by atoms with Gasteiger partial charge in [-0.05, 0) is 62.4 Å². The molecule has 1 heterocycles. The van der Waals surface area contributed by atoms with Crippen LogP contribution >= 0.6 is 12.4 Å². The highest BCUT2D eigenvalue weighted by Crippen LogP contribution is 2.17. The third kappa shape index (κ3) is 6.91. The number of rotatable bonds is 6. The van der Waals surface area contributed by atoms with Gasteiger partial charge >= 0.3 is 0 Å². The van der Waals surface area contributed by atoms with Crippen LogP contribution in [0.15, 0.2) is 24.3 Å². The van der Waals surface area contributed by atoms with Crippen LogP contribution in [-0.2, 0) is 11.2 Å². The van der Waals surface area contributed by atoms with Crippen molar-refractivity contribution in [3.63, 3.8) is 0 Å². The molecule has 2 N–H and O–H groups in total. The molecule has 0 saturated carbocycles. The van der Waals surface area contributed by atoms with Crippen molar-refractivity contribution < 1.29 is 9.18 Å². The summed E-state index contributed by atoms with van der Waals surface area (Å²) in [5.41, 5.74) is 0.920. The van der Waals surface area contributed by atoms with Gasteiger partial charge in [-0.2, -0.15) is 0 Å². The van der Waals surface area contributed by atoms with Crippen molar-refractivity contribution in [2.24, 2.45) is 5.92 Å². The topological polar surface area (TPSA) is 41.1 Å². The van der Waals surface area contributed by atoms with Gasteiger partial charge in [0.15, 0.2) is 0 Å². The molecule has 0 aromatic heterocycles. The molecule has 3 nitrogen and oxygen atoms in total. The smallest absolute Gasteiger partial charge is 0.220 e. The van der Waals surface area contributed by atoms with Crippen molar-refractivity contribution in [3.8, 4) is 0 Å². The maximum atomic E-state index is 13.0. The molecule has 0 radical (unpaired) electrons. The van der Waals surface area contributed by atoms with Crippen LogP contribution < -0.4 is 10.6 Å². The molecule has 1 amide bonds. The highest BCUT2D eigenvalue weighted by molar-refractivity contribution is 5.85. The van der Waals surface area contributed by atoms with Gasteiger partial charge in [-0.25, -0.2) is 4.39 Å². The standard InChI is InChI=1S/C16H23FN2O.ClH/c17-15-3-1-2-14(12-15)8-11-19-16(20)5-4-13-6-9-18-10-7-13;/h1-3,12-13,18H,4-11H2,(H,19,20);1H. The first-order valence-corrected chi connectivity index (χ1v) is 7.46. The number of piperidine rings is 1. The fourth-order valence-corrected chi connectivity index (χ4v) is 2.63. The summed E-state index contributed by atoms with van der Waals surface area (Å²) in [4.78, 5) is 11.7. The summed E-state index contributed by atoms with van der Waals surface area (Å²) in [6.07, 6.45) is 4.62. The minimum absolute atomic E-state index is 0. The Balaban J connectivity index is 0.00000220. The predicted octanol–water partition coefficient (Wildman–Crippen LogP) is 2.69. The van der Waals surface area contributed by atoms with Crippen molar-refractivity contribution in [1.29, 1.82) is 0 Å². The maximum absolute atomic E-state index is 13.0. The van der Waals surface area contributed by atoms with Crippen molar-refractivity contribution in [2.45, 2.75) is 32.1 Å². The number of hydrogen-bond acceptors (Lipinski definition) is 2. The largest absolute Gasteiger partial charge is 0.356 e. The first-order valence-electron chi connectivity index (χ1n) is 7.46. The van der Waals surface area contributed by atoms with Crippen LogP contribution in [0.2, 0.25) is 0 Å². The van der Waals surface area contributed by atoms with E-state index in [4.69, 9.17) is 0 Å². The quantitative estimate of drug-likeness (QED) is 0.847. The molecule has 0 bridgehead atoms. The highest BCUT2D eigenvalue weighted by atomic mass is 35.5. The number of halogens is 2. The number of benzene rings is 1. The second-order valence-electron chi connectivity index (χ2n) is 5.46. The van der Waals surface area contributed by atoms with E-state index in [1.165, 1.54) is 25.0 Å². The molecule has 1 aliphatic heterocycles. The molecule has 0 aliphatic carbocycles. The summed E-state index contributed by atoms with van der Waals surface area (Å²) in [6.45, 7) is 2.73. The van der Waals surface area contributed by atoms with E-state index in [0.717, 1.165) is 25.1 Å². The SMILES string of the molecule is Cl.O=C(CCC1CCNCC1)NCCc1cccc(F)c1. The Bertz CT molecular complexity index is 436. The van der Waals surface area contributed by atoms with Gasteiger partial charge in [-0.15, -0.1) is 12.4 Å². The zero-order chi connectivity index (χ0) is 14.2. The van der Waals surface area contributed by atoms with Gasteiger partial charge in [0.2, 0.25) is 5.91 Å². The Morgan fingerprint density at radius 2 is 2.10 bits per heavy atom. The number of amides is 1. The lowest BCUT2D eigenvalue weighted by Crippen LogP contribution is -2.30. The molecule has 1 aliphatic rings. The lowest BCUT2D eigenvalue weighted by molar-refractivity contribution is -0.121. The monoisotopic (exact) mass is 314 g/mol. The van der Waals surface area contributed by atoms with Gasteiger partial charge in [0, 0.05) is 13.0 Å². The lowest BCUT2D eigenvalue weighted by Gasteiger charge is -2.22. The molecule has 0 unspecified atom stereocenters. The van der Waals surface area contributed by atoms with E-state index < -0.39 is 0 Å². The van der Waals surface area contributed by atoms with Crippen LogP contribution in [0.1, 0.15) is 31.2 Å². The van der Waals surface area contributed by atoms with Crippen molar-refractivity contribution in [3.05, 3.63) is 35.6 Å². The van der Waals surface area contributed by atoms with Crippen LogP contribution in [0.4, 0.5) is 4.39 Å². The molecule has 1 aromatic rings. The predicted molar refractivity (Wildman–Crippen MR) is 85.2 cm³/mol. The van der Waals surface area contributed by atoms with Gasteiger partial charge in [0.25, 0.3) is 0 Å². The Kier molecular flexibility index (Phi) is 8.31. The van der Waals surface area contributed by atoms with E-state index in [1.807, 2.05) is 6.07 Å². The van der Waals surface area contributed by atoms with Crippen LogP contribution in [0, 0.1) is 11.7 Å². The van der Waals surface area contributed by atoms with E-state index in [0.29, 0.717) is 25.3 Å². The molecule has 0 atom stereocenters. The molecular formula is C16H24ClFN2O. The fourth-order valence-electron chi connectivity index (χ4n) is 2.63. The molecule has 5 heteroatoms. The van der Waals surface area contributed by atoms with Gasteiger partial charge in [0.1, 0.15) is 5.82 Å². The van der Waals surface area contributed by atoms with Gasteiger partial charge < -0.3 is 10.6 Å². The number of carbonyl (C=O) groups is 1. The van der Waals surface area contributed by atoms with Crippen LogP contribution in [0.25, 0.3) is 0 Å². The first kappa shape index (κ1) is 17.9. The Labute approximate surface area is 132 Å². The average Bonchev–Trinajstić information content (AvgIpc) is 2.46. The molecule has 1 fully saturated rings. The minimum Gasteiger partial charge on any atom is -0.356 e. The Morgan fingerprint density at radius 3 is 2.81 bits per heavy atom. The number of hydrogen-bond donors (Lipinski definition) is 2. The molecule has 2 rings (SSSR count). The van der Waals surface area contributed by atoms with Crippen LogP contribution in [-0.4, -0.2) is 25.5 Å². The summed E-state index contributed by atoms with van der Waals surface area (Å²) in [6, 6.07) is 6.52. The van der Waals surface area contributed by atoms with Crippen LogP contribution in [0.5, 0.6) is 0 Å². The molecule has 118 valence electrons. The van der Waals surface area contributed by atoms with E-state index in [9.17, 15) is 9.18 Å². The van der Waals surface area contributed by atoms with E-state index in [1.54, 1.807) is 6.07 Å². The summed E-state index contributed by atoms with van der Waals surface area (Å²) in [5, 5.41) is 6.24. The summed E-state index contributed by atoms with van der Waals surface area (Å²) < 4.78 is 13.0. The molecule has 21 heavy (non-hydrogen) atoms. The van der Waals surface area contributed by atoms with Gasteiger partial charge in [-0.3, -0.25) is 4.79 Å². The van der Waals surface area contributed by atoms with Crippen molar-refractivity contribution >= 4 is 18.3 Å². The fraction of sp³-hybridized carbons (Fsp3) is 0.562. The normalized spacial score (nSPS) is 15.3. The van der Waals surface area contributed by atoms with Crippen LogP contribution in [0.3, 0.4) is 0 Å². The van der Waals surface area contributed by atoms with Gasteiger partial charge in [0.05, 0.1) is 0 Å². The first-order chi connectivity index (χ1) is 9.74. The third-order valence-electron chi connectivity index (χ3n) is 3.86. The third-order valence-corrected chi connectivity index (χ3v) is 3.86. The second kappa shape index (κ2) is 9.74. The summed E-state index contributed by atoms with van der Waals surface area (Å²) in [7, 11) is 0. The molecule has 1 saturated heterocycles. The molecule has 0 spiro atoms. The Morgan fingerprint density at radius 1 is 1.33 bits per heavy atom. The second-order valence-corrected chi connectivity index (χ2v) is 5.46. The zero-order valence-electron chi connectivity index (χ0n) is 12.2. The number of nitrogens with one attached hydrogen (secondary N) is 2. The van der Waals surface area contributed by atoms with E-state index in [-0.39, 0.29) is 24.1 Å². The Hall–Kier alpha value is -1.13. The van der Waals surface area contributed by atoms with E-state index in [2.05, 4.69) is 10.6 Å². The van der Waals surface area contributed by atoms with Gasteiger partial charge in [-0.1, -0.05) is 12.1 Å². The lowest BCUT2D eigenvalue weighted by atomic mass is 9.93. The molecule has 1 aromatic carbocycles. The van der Waals surface area contributed by atoms with E-state index >= 15 is 0 Å². The van der Waals surface area contributed by atoms with Crippen molar-refractivity contribution in [2.75, 3.05) is 19.6 Å². The average molecular weight is 315 g/mol. The maximum Gasteiger partial charge on any atom is 0.220 e. The minimum atomic E-state index is -0.222. The number of carbonyl (C=O) groups excluding carboxylic acids is 1. The van der Waals surface area contributed by atoms with Crippen molar-refractivity contribution in [1.82, 2.24) is 10.6 Å². The molecular weight excluding hydrogens is 291 g/mol. The highest BCUT2D eigenvalue weighted by Gasteiger charge is 2.14. The summed E-state index contributed by atoms with van der Waals surface area (Å²) in [5.74, 6) is 0.574. The zero-order valence-corrected chi connectivity index (χ0v) is 13.1. The summed E-state index contributed by atoms with van der Waals surface area (Å²) >= 11 is 0.